The van der Waals surface area contributed by atoms with Crippen LogP contribution >= 0.6 is 0 Å². The average Bonchev–Trinajstić information content (AvgIpc) is 2.95. The van der Waals surface area contributed by atoms with Crippen LogP contribution < -0.4 is 21.9 Å². The molecular weight excluding hydrogens is 516 g/mol. The zero-order chi connectivity index (χ0) is 28.8. The van der Waals surface area contributed by atoms with Crippen molar-refractivity contribution >= 4 is 40.3 Å². The maximum atomic E-state index is 13.6. The van der Waals surface area contributed by atoms with Gasteiger partial charge in [0.25, 0.3) is 5.56 Å². The number of nitrogens with two attached hydrogens (primary N) is 1. The van der Waals surface area contributed by atoms with E-state index in [1.165, 1.54) is 6.08 Å². The van der Waals surface area contributed by atoms with Crippen LogP contribution in [0.5, 0.6) is 0 Å². The molecule has 0 saturated heterocycles. The second kappa shape index (κ2) is 12.2. The van der Waals surface area contributed by atoms with Crippen LogP contribution in [0.1, 0.15) is 29.1 Å². The second-order valence-electron chi connectivity index (χ2n) is 9.49. The maximum absolute atomic E-state index is 13.6. The molecule has 41 heavy (non-hydrogen) atoms. The third-order valence-corrected chi connectivity index (χ3v) is 6.56. The number of hydrogen-bond acceptors (Lipinski definition) is 8. The first kappa shape index (κ1) is 27.2. The fraction of sp³-hybridized carbons (Fsp3) is 0.161. The quantitative estimate of drug-likeness (QED) is 0.182. The maximum Gasteiger partial charge on any atom is 0.266 e. The number of aryl methyl sites for hydroxylation is 3. The van der Waals surface area contributed by atoms with Gasteiger partial charge in [-0.1, -0.05) is 30.3 Å². The van der Waals surface area contributed by atoms with Crippen molar-refractivity contribution in [1.82, 2.24) is 24.5 Å². The standard InChI is InChI=1S/C31H30N8O2/c1-20-8-6-11-25-28(20)30(41)39(23-9-4-3-5-10-23)26(37-25)12-7-17-34-29-24(21(2)35-31(32)38-29)13-14-27(40)36-22-15-18-33-19-16-22/h3-6,8-11,13-16,18-19H,7,12,17H2,1-2H3,(H,33,36,40)(H3,32,34,35,38)/b14-13+. The molecular formula is C31H30N8O2. The molecule has 0 aliphatic carbocycles. The monoisotopic (exact) mass is 546 g/mol. The first-order chi connectivity index (χ1) is 19.9. The van der Waals surface area contributed by atoms with E-state index in [0.717, 1.165) is 11.3 Å². The highest BCUT2D eigenvalue weighted by molar-refractivity contribution is 6.02. The summed E-state index contributed by atoms with van der Waals surface area (Å²) in [7, 11) is 0. The number of anilines is 3. The van der Waals surface area contributed by atoms with E-state index < -0.39 is 0 Å². The number of benzene rings is 2. The molecule has 0 aliphatic rings. The molecule has 1 amide bonds. The minimum absolute atomic E-state index is 0.0843. The minimum Gasteiger partial charge on any atom is -0.369 e. The van der Waals surface area contributed by atoms with Crippen molar-refractivity contribution in [3.63, 3.8) is 0 Å². The van der Waals surface area contributed by atoms with Crippen LogP contribution in [0.15, 0.2) is 83.9 Å². The van der Waals surface area contributed by atoms with E-state index in [2.05, 4.69) is 25.6 Å². The first-order valence-electron chi connectivity index (χ1n) is 13.2. The Morgan fingerprint density at radius 3 is 2.54 bits per heavy atom. The van der Waals surface area contributed by atoms with Crippen LogP contribution in [0.4, 0.5) is 17.5 Å². The van der Waals surface area contributed by atoms with E-state index in [1.54, 1.807) is 35.2 Å². The number of nitrogens with one attached hydrogen (secondary N) is 2. The molecule has 206 valence electrons. The van der Waals surface area contributed by atoms with Crippen LogP contribution in [0.25, 0.3) is 22.7 Å². The molecule has 4 N–H and O–H groups in total. The summed E-state index contributed by atoms with van der Waals surface area (Å²) in [6.07, 6.45) is 7.49. The lowest BCUT2D eigenvalue weighted by Gasteiger charge is -2.15. The Kier molecular flexibility index (Phi) is 8.10. The lowest BCUT2D eigenvalue weighted by atomic mass is 10.1. The molecule has 0 radical (unpaired) electrons. The van der Waals surface area contributed by atoms with Gasteiger partial charge >= 0.3 is 0 Å². The van der Waals surface area contributed by atoms with E-state index in [4.69, 9.17) is 10.7 Å². The molecule has 2 aromatic carbocycles. The largest absolute Gasteiger partial charge is 0.369 e. The fourth-order valence-corrected chi connectivity index (χ4v) is 4.62. The Balaban J connectivity index is 1.34. The number of carbonyl (C=O) groups is 1. The van der Waals surface area contributed by atoms with Gasteiger partial charge in [0, 0.05) is 42.7 Å². The molecule has 5 rings (SSSR count). The number of para-hydroxylation sites is 1. The summed E-state index contributed by atoms with van der Waals surface area (Å²) in [4.78, 5) is 43.5. The second-order valence-corrected chi connectivity index (χ2v) is 9.49. The third-order valence-electron chi connectivity index (χ3n) is 6.56. The van der Waals surface area contributed by atoms with Gasteiger partial charge in [0.1, 0.15) is 11.6 Å². The zero-order valence-corrected chi connectivity index (χ0v) is 22.8. The first-order valence-corrected chi connectivity index (χ1v) is 13.2. The minimum atomic E-state index is -0.296. The van der Waals surface area contributed by atoms with Gasteiger partial charge in [-0.05, 0) is 62.2 Å². The molecule has 0 bridgehead atoms. The molecule has 0 unspecified atom stereocenters. The van der Waals surface area contributed by atoms with Crippen molar-refractivity contribution in [3.05, 3.63) is 112 Å². The number of fused-ring (bicyclic) bond motifs is 1. The molecule has 3 heterocycles. The lowest BCUT2D eigenvalue weighted by Crippen LogP contribution is -2.25. The fourth-order valence-electron chi connectivity index (χ4n) is 4.62. The zero-order valence-electron chi connectivity index (χ0n) is 22.8. The summed E-state index contributed by atoms with van der Waals surface area (Å²) in [6, 6.07) is 18.7. The van der Waals surface area contributed by atoms with Crippen molar-refractivity contribution in [1.29, 1.82) is 0 Å². The van der Waals surface area contributed by atoms with Crippen LogP contribution in [-0.2, 0) is 11.2 Å². The predicted octanol–water partition coefficient (Wildman–Crippen LogP) is 4.47. The molecule has 5 aromatic rings. The molecule has 0 aliphatic heterocycles. The highest BCUT2D eigenvalue weighted by Crippen LogP contribution is 2.20. The summed E-state index contributed by atoms with van der Waals surface area (Å²) in [5.41, 5.74) is 10.1. The van der Waals surface area contributed by atoms with Gasteiger partial charge in [-0.15, -0.1) is 0 Å². The van der Waals surface area contributed by atoms with E-state index in [-0.39, 0.29) is 17.4 Å². The van der Waals surface area contributed by atoms with Crippen LogP contribution in [0.2, 0.25) is 0 Å². The molecule has 0 saturated carbocycles. The van der Waals surface area contributed by atoms with E-state index in [0.29, 0.717) is 58.9 Å². The van der Waals surface area contributed by atoms with Crippen molar-refractivity contribution in [3.8, 4) is 5.69 Å². The number of pyridine rings is 1. The number of hydrogen-bond donors (Lipinski definition) is 3. The number of nitrogens with zero attached hydrogens (tertiary/aromatic N) is 5. The van der Waals surface area contributed by atoms with Gasteiger partial charge in [0.15, 0.2) is 0 Å². The summed E-state index contributed by atoms with van der Waals surface area (Å²) < 4.78 is 1.69. The van der Waals surface area contributed by atoms with Gasteiger partial charge < -0.3 is 16.4 Å². The summed E-state index contributed by atoms with van der Waals surface area (Å²) in [5.74, 6) is 1.03. The molecule has 0 spiro atoms. The molecule has 10 nitrogen and oxygen atoms in total. The smallest absolute Gasteiger partial charge is 0.266 e. The van der Waals surface area contributed by atoms with Gasteiger partial charge in [-0.3, -0.25) is 19.1 Å². The number of carbonyl (C=O) groups excluding carboxylic acids is 1. The normalized spacial score (nSPS) is 11.2. The molecule has 0 atom stereocenters. The van der Waals surface area contributed by atoms with Gasteiger partial charge in [-0.2, -0.15) is 4.98 Å². The number of aromatic nitrogens is 5. The predicted molar refractivity (Wildman–Crippen MR) is 162 cm³/mol. The number of rotatable bonds is 9. The Morgan fingerprint density at radius 1 is 0.976 bits per heavy atom. The average molecular weight is 547 g/mol. The van der Waals surface area contributed by atoms with Crippen LogP contribution in [-0.4, -0.2) is 37.0 Å². The van der Waals surface area contributed by atoms with Crippen LogP contribution in [0.3, 0.4) is 0 Å². The van der Waals surface area contributed by atoms with Gasteiger partial charge in [0.05, 0.1) is 22.3 Å². The Labute approximate surface area is 237 Å². The van der Waals surface area contributed by atoms with E-state index in [1.807, 2.05) is 62.4 Å². The van der Waals surface area contributed by atoms with Crippen molar-refractivity contribution in [2.24, 2.45) is 0 Å². The van der Waals surface area contributed by atoms with Crippen LogP contribution in [0, 0.1) is 13.8 Å². The van der Waals surface area contributed by atoms with E-state index >= 15 is 0 Å². The highest BCUT2D eigenvalue weighted by Gasteiger charge is 2.15. The van der Waals surface area contributed by atoms with Crippen molar-refractivity contribution in [2.45, 2.75) is 26.7 Å². The lowest BCUT2D eigenvalue weighted by molar-refractivity contribution is -0.111. The molecule has 0 fully saturated rings. The summed E-state index contributed by atoms with van der Waals surface area (Å²) >= 11 is 0. The summed E-state index contributed by atoms with van der Waals surface area (Å²) in [6.45, 7) is 4.26. The molecule has 3 aromatic heterocycles. The van der Waals surface area contributed by atoms with Gasteiger partial charge in [0.2, 0.25) is 11.9 Å². The SMILES string of the molecule is Cc1nc(N)nc(NCCCc2nc3cccc(C)c3c(=O)n2-c2ccccc2)c1/C=C/C(=O)Nc1ccncc1. The Bertz CT molecular complexity index is 1780. The third kappa shape index (κ3) is 6.27. The van der Waals surface area contributed by atoms with Gasteiger partial charge in [-0.25, -0.2) is 9.97 Å². The van der Waals surface area contributed by atoms with E-state index in [9.17, 15) is 9.59 Å². The van der Waals surface area contributed by atoms with Crippen molar-refractivity contribution in [2.75, 3.05) is 22.9 Å². The Hall–Kier alpha value is -5.38. The topological polar surface area (TPSA) is 141 Å². The summed E-state index contributed by atoms with van der Waals surface area (Å²) in [5, 5.41) is 6.73. The van der Waals surface area contributed by atoms with Crippen molar-refractivity contribution < 1.29 is 4.79 Å². The number of amides is 1. The highest BCUT2D eigenvalue weighted by atomic mass is 16.1. The number of nitrogen functional groups attached to an aromatic ring is 1. The Morgan fingerprint density at radius 2 is 1.76 bits per heavy atom. The molecule has 10 heteroatoms.